The zero-order chi connectivity index (χ0) is 14.6. The molecule has 1 N–H and O–H groups in total. The standard InChI is InChI=1S/C17H24N2Se/c1-5-6-11-18-16-19-14-10-8-7-9-13(14)15(20-16)12-17(2,3)4/h7-10,12H,5-6,11H2,1-4H3,(H,18,19)/b15-12-. The van der Waals surface area contributed by atoms with E-state index in [2.05, 4.69) is 63.4 Å². The number of benzene rings is 1. The summed E-state index contributed by atoms with van der Waals surface area (Å²) in [5, 5.41) is 3.51. The molecule has 0 unspecified atom stereocenters. The fraction of sp³-hybridized carbons (Fsp3) is 0.471. The SMILES string of the molecule is CCCCN=C1Nc2ccccc2/C(=C/C(C)(C)C)[Se]1. The monoisotopic (exact) mass is 336 g/mol. The van der Waals surface area contributed by atoms with E-state index in [9.17, 15) is 0 Å². The third-order valence-corrected chi connectivity index (χ3v) is 5.03. The van der Waals surface area contributed by atoms with Crippen molar-refractivity contribution < 1.29 is 0 Å². The van der Waals surface area contributed by atoms with Gasteiger partial charge >= 0.3 is 129 Å². The van der Waals surface area contributed by atoms with Gasteiger partial charge in [0.25, 0.3) is 0 Å². The van der Waals surface area contributed by atoms with Gasteiger partial charge in [-0.25, -0.2) is 0 Å². The number of aliphatic imine (C=N–C) groups is 1. The Kier molecular flexibility index (Phi) is 5.06. The molecule has 1 heterocycles. The van der Waals surface area contributed by atoms with E-state index in [1.165, 1.54) is 33.3 Å². The molecule has 0 bridgehead atoms. The Bertz CT molecular complexity index is 524. The third kappa shape index (κ3) is 4.22. The molecule has 108 valence electrons. The second-order valence-electron chi connectivity index (χ2n) is 6.19. The van der Waals surface area contributed by atoms with Crippen molar-refractivity contribution in [2.24, 2.45) is 10.4 Å². The molecule has 0 saturated heterocycles. The van der Waals surface area contributed by atoms with Gasteiger partial charge < -0.3 is 0 Å². The van der Waals surface area contributed by atoms with Crippen LogP contribution in [-0.4, -0.2) is 26.2 Å². The van der Waals surface area contributed by atoms with Crippen molar-refractivity contribution in [1.82, 2.24) is 0 Å². The maximum absolute atomic E-state index is 4.74. The van der Waals surface area contributed by atoms with Gasteiger partial charge in [0.15, 0.2) is 0 Å². The van der Waals surface area contributed by atoms with Crippen molar-refractivity contribution in [1.29, 1.82) is 0 Å². The van der Waals surface area contributed by atoms with E-state index in [1.54, 1.807) is 0 Å². The minimum atomic E-state index is 0.204. The van der Waals surface area contributed by atoms with Crippen LogP contribution in [0.5, 0.6) is 0 Å². The zero-order valence-corrected chi connectivity index (χ0v) is 14.6. The first-order valence-corrected chi connectivity index (χ1v) is 9.02. The van der Waals surface area contributed by atoms with Crippen LogP contribution < -0.4 is 5.32 Å². The van der Waals surface area contributed by atoms with Gasteiger partial charge in [-0.3, -0.25) is 0 Å². The van der Waals surface area contributed by atoms with Crippen LogP contribution in [0.3, 0.4) is 0 Å². The van der Waals surface area contributed by atoms with Gasteiger partial charge in [-0.1, -0.05) is 0 Å². The molecule has 2 nitrogen and oxygen atoms in total. The van der Waals surface area contributed by atoms with Crippen molar-refractivity contribution in [3.8, 4) is 0 Å². The van der Waals surface area contributed by atoms with Crippen molar-refractivity contribution in [2.45, 2.75) is 40.5 Å². The maximum atomic E-state index is 4.74. The fourth-order valence-corrected chi connectivity index (χ4v) is 4.59. The molecular formula is C17H24N2Se. The van der Waals surface area contributed by atoms with Gasteiger partial charge in [0.1, 0.15) is 0 Å². The van der Waals surface area contributed by atoms with Crippen molar-refractivity contribution in [2.75, 3.05) is 11.9 Å². The van der Waals surface area contributed by atoms with E-state index in [-0.39, 0.29) is 20.4 Å². The number of unbranched alkanes of at least 4 members (excludes halogenated alkanes) is 1. The van der Waals surface area contributed by atoms with Crippen LogP contribution in [0.25, 0.3) is 4.47 Å². The number of nitrogens with zero attached hydrogens (tertiary/aromatic N) is 1. The molecule has 0 aliphatic carbocycles. The van der Waals surface area contributed by atoms with Gasteiger partial charge in [0.05, 0.1) is 0 Å². The molecule has 3 heteroatoms. The molecule has 0 spiro atoms. The van der Waals surface area contributed by atoms with Crippen LogP contribution in [0.2, 0.25) is 0 Å². The van der Waals surface area contributed by atoms with Crippen LogP contribution in [0.15, 0.2) is 35.3 Å². The molecule has 20 heavy (non-hydrogen) atoms. The average molecular weight is 335 g/mol. The van der Waals surface area contributed by atoms with Gasteiger partial charge in [0, 0.05) is 0 Å². The molecule has 1 aliphatic heterocycles. The Labute approximate surface area is 128 Å². The summed E-state index contributed by atoms with van der Waals surface area (Å²) in [4.78, 5) is 4.74. The Balaban J connectivity index is 2.32. The quantitative estimate of drug-likeness (QED) is 0.644. The molecule has 2 rings (SSSR count). The Hall–Kier alpha value is -1.05. The molecule has 0 amide bonds. The Morgan fingerprint density at radius 3 is 2.70 bits per heavy atom. The summed E-state index contributed by atoms with van der Waals surface area (Å²) in [6.07, 6.45) is 4.77. The molecule has 0 radical (unpaired) electrons. The van der Waals surface area contributed by atoms with E-state index < -0.39 is 0 Å². The molecule has 1 aromatic carbocycles. The number of rotatable bonds is 3. The summed E-state index contributed by atoms with van der Waals surface area (Å²) in [7, 11) is 0. The number of hydrogen-bond donors (Lipinski definition) is 1. The molecule has 0 aromatic heterocycles. The summed E-state index contributed by atoms with van der Waals surface area (Å²) in [6.45, 7) is 9.92. The first kappa shape index (κ1) is 15.3. The summed E-state index contributed by atoms with van der Waals surface area (Å²) in [5.74, 6) is 0. The van der Waals surface area contributed by atoms with Crippen LogP contribution in [0.4, 0.5) is 5.69 Å². The third-order valence-electron chi connectivity index (χ3n) is 2.97. The van der Waals surface area contributed by atoms with E-state index in [0.29, 0.717) is 0 Å². The summed E-state index contributed by atoms with van der Waals surface area (Å²) < 4.78 is 2.62. The number of allylic oxidation sites excluding steroid dienone is 1. The van der Waals surface area contributed by atoms with Crippen LogP contribution in [-0.2, 0) is 0 Å². The summed E-state index contributed by atoms with van der Waals surface area (Å²) >= 11 is 0.287. The van der Waals surface area contributed by atoms with Gasteiger partial charge in [0.2, 0.25) is 0 Å². The summed E-state index contributed by atoms with van der Waals surface area (Å²) in [5.41, 5.74) is 2.75. The summed E-state index contributed by atoms with van der Waals surface area (Å²) in [6, 6.07) is 8.57. The molecular weight excluding hydrogens is 311 g/mol. The second kappa shape index (κ2) is 6.60. The normalized spacial score (nSPS) is 19.0. The number of nitrogens with one attached hydrogen (secondary N) is 1. The Morgan fingerprint density at radius 1 is 1.25 bits per heavy atom. The van der Waals surface area contributed by atoms with Crippen LogP contribution in [0, 0.1) is 5.41 Å². The number of anilines is 1. The predicted molar refractivity (Wildman–Crippen MR) is 90.5 cm³/mol. The first-order valence-electron chi connectivity index (χ1n) is 7.31. The zero-order valence-electron chi connectivity index (χ0n) is 12.9. The van der Waals surface area contributed by atoms with E-state index in [0.717, 1.165) is 6.54 Å². The van der Waals surface area contributed by atoms with E-state index in [1.807, 2.05) is 0 Å². The van der Waals surface area contributed by atoms with E-state index in [4.69, 9.17) is 4.99 Å². The van der Waals surface area contributed by atoms with Gasteiger partial charge in [-0.05, 0) is 0 Å². The van der Waals surface area contributed by atoms with Crippen molar-refractivity contribution >= 4 is 29.8 Å². The van der Waals surface area contributed by atoms with Crippen molar-refractivity contribution in [3.63, 3.8) is 0 Å². The average Bonchev–Trinajstić information content (AvgIpc) is 2.37. The molecule has 0 saturated carbocycles. The van der Waals surface area contributed by atoms with Gasteiger partial charge in [-0.2, -0.15) is 0 Å². The Morgan fingerprint density at radius 2 is 2.00 bits per heavy atom. The van der Waals surface area contributed by atoms with E-state index >= 15 is 0 Å². The van der Waals surface area contributed by atoms with Crippen LogP contribution in [0.1, 0.15) is 46.1 Å². The minimum absolute atomic E-state index is 0.204. The predicted octanol–water partition coefficient (Wildman–Crippen LogP) is 4.36. The molecule has 0 fully saturated rings. The number of para-hydroxylation sites is 1. The fourth-order valence-electron chi connectivity index (χ4n) is 2.02. The molecule has 0 atom stereocenters. The topological polar surface area (TPSA) is 24.4 Å². The number of hydrogen-bond acceptors (Lipinski definition) is 1. The molecule has 1 aromatic rings. The number of fused-ring (bicyclic) bond motifs is 1. The first-order chi connectivity index (χ1) is 9.49. The van der Waals surface area contributed by atoms with Crippen LogP contribution >= 0.6 is 0 Å². The molecule has 1 aliphatic rings. The van der Waals surface area contributed by atoms with Gasteiger partial charge in [-0.15, -0.1) is 0 Å². The second-order valence-corrected chi connectivity index (χ2v) is 8.35. The van der Waals surface area contributed by atoms with Crippen molar-refractivity contribution in [3.05, 3.63) is 35.9 Å². The number of amidine groups is 1.